The van der Waals surface area contributed by atoms with Gasteiger partial charge in [-0.05, 0) is 26.7 Å². The summed E-state index contributed by atoms with van der Waals surface area (Å²) in [7, 11) is 0. The molecule has 1 N–H and O–H groups in total. The maximum Gasteiger partial charge on any atom is 0.409 e. The van der Waals surface area contributed by atoms with Gasteiger partial charge in [-0.2, -0.15) is 4.98 Å². The fraction of sp³-hybridized carbons (Fsp3) is 0.769. The summed E-state index contributed by atoms with van der Waals surface area (Å²) in [4.78, 5) is 17.5. The van der Waals surface area contributed by atoms with E-state index in [1.165, 1.54) is 0 Å². The van der Waals surface area contributed by atoms with Gasteiger partial charge in [0, 0.05) is 32.1 Å². The first kappa shape index (κ1) is 14.8. The van der Waals surface area contributed by atoms with Crippen LogP contribution in [0.4, 0.5) is 4.79 Å². The number of aryl methyl sites for hydroxylation is 1. The SMILES string of the molecule is CCOC(=O)N1CCC(NCCc2nc(C)no2)CC1. The van der Waals surface area contributed by atoms with E-state index in [2.05, 4.69) is 15.5 Å². The monoisotopic (exact) mass is 282 g/mol. The van der Waals surface area contributed by atoms with Crippen LogP contribution < -0.4 is 5.32 Å². The number of carbonyl (C=O) groups is 1. The Bertz CT molecular complexity index is 427. The molecule has 0 unspecified atom stereocenters. The molecule has 20 heavy (non-hydrogen) atoms. The second kappa shape index (κ2) is 7.23. The van der Waals surface area contributed by atoms with E-state index in [0.29, 0.717) is 24.4 Å². The Hall–Kier alpha value is -1.63. The van der Waals surface area contributed by atoms with Gasteiger partial charge in [-0.15, -0.1) is 0 Å². The normalized spacial score (nSPS) is 16.4. The first-order valence-electron chi connectivity index (χ1n) is 7.13. The molecule has 0 aliphatic carbocycles. The van der Waals surface area contributed by atoms with Crippen molar-refractivity contribution in [2.75, 3.05) is 26.2 Å². The van der Waals surface area contributed by atoms with Crippen LogP contribution in [-0.2, 0) is 11.2 Å². The largest absolute Gasteiger partial charge is 0.450 e. The van der Waals surface area contributed by atoms with Crippen LogP contribution in [0.15, 0.2) is 4.52 Å². The van der Waals surface area contributed by atoms with Crippen molar-refractivity contribution < 1.29 is 14.1 Å². The van der Waals surface area contributed by atoms with Crippen molar-refractivity contribution >= 4 is 6.09 Å². The Morgan fingerprint density at radius 3 is 2.85 bits per heavy atom. The summed E-state index contributed by atoms with van der Waals surface area (Å²) in [6.45, 7) is 6.37. The van der Waals surface area contributed by atoms with Crippen LogP contribution in [0.2, 0.25) is 0 Å². The molecule has 2 heterocycles. The molecule has 1 aromatic heterocycles. The lowest BCUT2D eigenvalue weighted by atomic mass is 10.1. The van der Waals surface area contributed by atoms with E-state index in [-0.39, 0.29) is 6.09 Å². The van der Waals surface area contributed by atoms with Crippen molar-refractivity contribution in [1.29, 1.82) is 0 Å². The van der Waals surface area contributed by atoms with Crippen LogP contribution >= 0.6 is 0 Å². The molecule has 1 aliphatic rings. The summed E-state index contributed by atoms with van der Waals surface area (Å²) < 4.78 is 10.1. The molecule has 1 amide bonds. The number of likely N-dealkylation sites (tertiary alicyclic amines) is 1. The van der Waals surface area contributed by atoms with Gasteiger partial charge in [0.1, 0.15) is 0 Å². The summed E-state index contributed by atoms with van der Waals surface area (Å²) in [5.74, 6) is 1.33. The van der Waals surface area contributed by atoms with Crippen LogP contribution in [0.25, 0.3) is 0 Å². The Morgan fingerprint density at radius 1 is 1.50 bits per heavy atom. The Kier molecular flexibility index (Phi) is 5.34. The lowest BCUT2D eigenvalue weighted by Crippen LogP contribution is -2.45. The Morgan fingerprint density at radius 2 is 2.25 bits per heavy atom. The van der Waals surface area contributed by atoms with Gasteiger partial charge in [0.05, 0.1) is 6.61 Å². The third kappa shape index (κ3) is 4.19. The van der Waals surface area contributed by atoms with Crippen LogP contribution in [0.3, 0.4) is 0 Å². The van der Waals surface area contributed by atoms with Gasteiger partial charge in [0.15, 0.2) is 5.82 Å². The van der Waals surface area contributed by atoms with Crippen LogP contribution in [0.5, 0.6) is 0 Å². The van der Waals surface area contributed by atoms with Gasteiger partial charge >= 0.3 is 6.09 Å². The summed E-state index contributed by atoms with van der Waals surface area (Å²) in [6, 6.07) is 0.435. The van der Waals surface area contributed by atoms with E-state index in [1.54, 1.807) is 4.90 Å². The number of nitrogens with zero attached hydrogens (tertiary/aromatic N) is 3. The minimum atomic E-state index is -0.202. The molecule has 112 valence electrons. The second-order valence-corrected chi connectivity index (χ2v) is 4.90. The van der Waals surface area contributed by atoms with Gasteiger partial charge in [0.2, 0.25) is 5.89 Å². The molecule has 1 aliphatic heterocycles. The highest BCUT2D eigenvalue weighted by molar-refractivity contribution is 5.67. The molecule has 0 atom stereocenters. The van der Waals surface area contributed by atoms with Crippen molar-refractivity contribution in [1.82, 2.24) is 20.4 Å². The van der Waals surface area contributed by atoms with Crippen LogP contribution in [-0.4, -0.2) is 53.4 Å². The van der Waals surface area contributed by atoms with Gasteiger partial charge in [0.25, 0.3) is 0 Å². The molecule has 0 radical (unpaired) electrons. The van der Waals surface area contributed by atoms with Gasteiger partial charge < -0.3 is 19.5 Å². The zero-order valence-electron chi connectivity index (χ0n) is 12.1. The first-order valence-corrected chi connectivity index (χ1v) is 7.13. The van der Waals surface area contributed by atoms with Crippen molar-refractivity contribution in [2.24, 2.45) is 0 Å². The molecule has 1 saturated heterocycles. The minimum Gasteiger partial charge on any atom is -0.450 e. The van der Waals surface area contributed by atoms with Crippen molar-refractivity contribution in [2.45, 2.75) is 39.2 Å². The lowest BCUT2D eigenvalue weighted by molar-refractivity contribution is 0.0951. The topological polar surface area (TPSA) is 80.5 Å². The lowest BCUT2D eigenvalue weighted by Gasteiger charge is -2.31. The highest BCUT2D eigenvalue weighted by Crippen LogP contribution is 2.11. The Labute approximate surface area is 118 Å². The smallest absolute Gasteiger partial charge is 0.409 e. The summed E-state index contributed by atoms with van der Waals surface area (Å²) in [5.41, 5.74) is 0. The average molecular weight is 282 g/mol. The zero-order valence-corrected chi connectivity index (χ0v) is 12.1. The van der Waals surface area contributed by atoms with Gasteiger partial charge in [-0.25, -0.2) is 4.79 Å². The van der Waals surface area contributed by atoms with Crippen molar-refractivity contribution in [3.8, 4) is 0 Å². The molecule has 0 aromatic carbocycles. The van der Waals surface area contributed by atoms with E-state index in [0.717, 1.165) is 38.9 Å². The predicted molar refractivity (Wildman–Crippen MR) is 72.4 cm³/mol. The molecule has 7 nitrogen and oxygen atoms in total. The number of rotatable bonds is 5. The van der Waals surface area contributed by atoms with E-state index in [1.807, 2.05) is 13.8 Å². The first-order chi connectivity index (χ1) is 9.69. The molecule has 1 aromatic rings. The number of amides is 1. The molecule has 7 heteroatoms. The zero-order chi connectivity index (χ0) is 14.4. The Balaban J connectivity index is 1.63. The van der Waals surface area contributed by atoms with Gasteiger partial charge in [-0.3, -0.25) is 0 Å². The minimum absolute atomic E-state index is 0.202. The maximum absolute atomic E-state index is 11.6. The summed E-state index contributed by atoms with van der Waals surface area (Å²) in [6.07, 6.45) is 2.43. The van der Waals surface area contributed by atoms with Gasteiger partial charge in [-0.1, -0.05) is 5.16 Å². The third-order valence-electron chi connectivity index (χ3n) is 3.36. The number of hydrogen-bond donors (Lipinski definition) is 1. The number of carbonyl (C=O) groups excluding carboxylic acids is 1. The average Bonchev–Trinajstić information content (AvgIpc) is 2.85. The molecular weight excluding hydrogens is 260 g/mol. The van der Waals surface area contributed by atoms with E-state index in [9.17, 15) is 4.79 Å². The van der Waals surface area contributed by atoms with E-state index >= 15 is 0 Å². The molecular formula is C13H22N4O3. The summed E-state index contributed by atoms with van der Waals surface area (Å²) in [5, 5.41) is 7.22. The van der Waals surface area contributed by atoms with Crippen molar-refractivity contribution in [3.63, 3.8) is 0 Å². The molecule has 0 spiro atoms. The highest BCUT2D eigenvalue weighted by Gasteiger charge is 2.23. The number of nitrogens with one attached hydrogen (secondary N) is 1. The number of ether oxygens (including phenoxy) is 1. The van der Waals surface area contributed by atoms with Crippen LogP contribution in [0.1, 0.15) is 31.5 Å². The second-order valence-electron chi connectivity index (χ2n) is 4.90. The van der Waals surface area contributed by atoms with Crippen LogP contribution in [0, 0.1) is 6.92 Å². The third-order valence-corrected chi connectivity index (χ3v) is 3.36. The van der Waals surface area contributed by atoms with Crippen molar-refractivity contribution in [3.05, 3.63) is 11.7 Å². The summed E-state index contributed by atoms with van der Waals surface area (Å²) >= 11 is 0. The fourth-order valence-electron chi connectivity index (χ4n) is 2.31. The number of hydrogen-bond acceptors (Lipinski definition) is 6. The maximum atomic E-state index is 11.6. The fourth-order valence-corrected chi connectivity index (χ4v) is 2.31. The predicted octanol–water partition coefficient (Wildman–Crippen LogP) is 1.13. The number of aromatic nitrogens is 2. The number of piperidine rings is 1. The quantitative estimate of drug-likeness (QED) is 0.872. The molecule has 1 fully saturated rings. The van der Waals surface area contributed by atoms with E-state index in [4.69, 9.17) is 9.26 Å². The van der Waals surface area contributed by atoms with E-state index < -0.39 is 0 Å². The molecule has 2 rings (SSSR count). The molecule has 0 bridgehead atoms. The standard InChI is InChI=1S/C13H22N4O3/c1-3-19-13(18)17-8-5-11(6-9-17)14-7-4-12-15-10(2)16-20-12/h11,14H,3-9H2,1-2H3. The molecule has 0 saturated carbocycles. The highest BCUT2D eigenvalue weighted by atomic mass is 16.6.